The van der Waals surface area contributed by atoms with Crippen LogP contribution in [0.1, 0.15) is 17.0 Å². The van der Waals surface area contributed by atoms with Crippen LogP contribution < -0.4 is 10.2 Å². The minimum absolute atomic E-state index is 0.0371. The van der Waals surface area contributed by atoms with Gasteiger partial charge in [-0.3, -0.25) is 9.48 Å². The smallest absolute Gasteiger partial charge is 0.227 e. The third-order valence-corrected chi connectivity index (χ3v) is 8.31. The fourth-order valence-corrected chi connectivity index (χ4v) is 6.08. The van der Waals surface area contributed by atoms with Gasteiger partial charge in [0.15, 0.2) is 0 Å². The van der Waals surface area contributed by atoms with E-state index in [1.54, 1.807) is 27.8 Å². The Balaban J connectivity index is 1.08. The molecule has 2 aliphatic rings. The molecule has 4 aromatic heterocycles. The van der Waals surface area contributed by atoms with Gasteiger partial charge < -0.3 is 15.1 Å². The molecule has 42 heavy (non-hydrogen) atoms. The molecule has 0 radical (unpaired) electrons. The van der Waals surface area contributed by atoms with E-state index in [-0.39, 0.29) is 17.7 Å². The standard InChI is InChI=1S/C31H30N10O/c1-38-19-24(16-35-38)27-20-41-30(23(13-32)15-36-41)29(37-27)22-7-8-28(34-14-22)39-9-11-40(12-10-39)31(42)26-18-33-17-25(26)21-5-3-2-4-6-21/h2-8,14-16,19-20,25-26,33H,9-12,17-18H2,1H3/t25-,26+/m0/s1. The molecule has 2 aliphatic heterocycles. The largest absolute Gasteiger partial charge is 0.353 e. The fraction of sp³-hybridized carbons (Fsp3) is 0.290. The highest BCUT2D eigenvalue weighted by atomic mass is 16.2. The zero-order chi connectivity index (χ0) is 28.6. The summed E-state index contributed by atoms with van der Waals surface area (Å²) in [5.74, 6) is 1.25. The van der Waals surface area contributed by atoms with Crippen LogP contribution in [0.2, 0.25) is 0 Å². The molecule has 2 atom stereocenters. The van der Waals surface area contributed by atoms with Gasteiger partial charge in [-0.2, -0.15) is 15.5 Å². The lowest BCUT2D eigenvalue weighted by molar-refractivity contribution is -0.135. The number of hydrogen-bond donors (Lipinski definition) is 1. The van der Waals surface area contributed by atoms with Gasteiger partial charge in [-0.1, -0.05) is 30.3 Å². The number of nitrogens with one attached hydrogen (secondary N) is 1. The van der Waals surface area contributed by atoms with E-state index in [1.165, 1.54) is 5.56 Å². The quantitative estimate of drug-likeness (QED) is 0.350. The fourth-order valence-electron chi connectivity index (χ4n) is 6.08. The zero-order valence-electron chi connectivity index (χ0n) is 23.3. The highest BCUT2D eigenvalue weighted by Gasteiger charge is 2.37. The first kappa shape index (κ1) is 25.9. The van der Waals surface area contributed by atoms with Gasteiger partial charge in [-0.15, -0.1) is 0 Å². The number of hydrogen-bond acceptors (Lipinski definition) is 8. The normalized spacial score (nSPS) is 18.9. The van der Waals surface area contributed by atoms with Crippen LogP contribution in [0.3, 0.4) is 0 Å². The van der Waals surface area contributed by atoms with Crippen molar-refractivity contribution < 1.29 is 4.79 Å². The maximum absolute atomic E-state index is 13.5. The summed E-state index contributed by atoms with van der Waals surface area (Å²) in [7, 11) is 1.86. The van der Waals surface area contributed by atoms with Crippen molar-refractivity contribution in [1.29, 1.82) is 5.26 Å². The van der Waals surface area contributed by atoms with E-state index in [4.69, 9.17) is 9.97 Å². The van der Waals surface area contributed by atoms with Crippen LogP contribution in [0.5, 0.6) is 0 Å². The van der Waals surface area contributed by atoms with Crippen LogP contribution in [0.15, 0.2) is 73.4 Å². The Hall–Kier alpha value is -5.08. The molecule has 0 saturated carbocycles. The second kappa shape index (κ2) is 10.7. The average Bonchev–Trinajstić information content (AvgIpc) is 3.81. The molecule has 0 aliphatic carbocycles. The topological polar surface area (TPSA) is 120 Å². The summed E-state index contributed by atoms with van der Waals surface area (Å²) in [6.07, 6.45) is 8.81. The minimum Gasteiger partial charge on any atom is -0.353 e. The van der Waals surface area contributed by atoms with Gasteiger partial charge in [0.25, 0.3) is 0 Å². The first-order valence-corrected chi connectivity index (χ1v) is 14.1. The highest BCUT2D eigenvalue weighted by molar-refractivity contribution is 5.83. The summed E-state index contributed by atoms with van der Waals surface area (Å²) in [5, 5.41) is 21.8. The Kier molecular flexibility index (Phi) is 6.60. The molecule has 5 aromatic rings. The molecule has 2 saturated heterocycles. The van der Waals surface area contributed by atoms with Gasteiger partial charge in [-0.25, -0.2) is 14.5 Å². The Morgan fingerprint density at radius 1 is 0.952 bits per heavy atom. The predicted octanol–water partition coefficient (Wildman–Crippen LogP) is 2.72. The van der Waals surface area contributed by atoms with Crippen molar-refractivity contribution in [2.45, 2.75) is 5.92 Å². The highest BCUT2D eigenvalue weighted by Crippen LogP contribution is 2.31. The number of nitriles is 1. The summed E-state index contributed by atoms with van der Waals surface area (Å²) in [6, 6.07) is 16.5. The SMILES string of the molecule is Cn1cc(-c2cn3ncc(C#N)c3c(-c3ccc(N4CCN(C(=O)[C@@H]5CNC[C@H]5c5ccccc5)CC4)nc3)n2)cn1. The maximum atomic E-state index is 13.5. The summed E-state index contributed by atoms with van der Waals surface area (Å²) < 4.78 is 3.41. The molecule has 210 valence electrons. The molecular formula is C31H30N10O. The Morgan fingerprint density at radius 3 is 2.50 bits per heavy atom. The van der Waals surface area contributed by atoms with E-state index in [0.29, 0.717) is 48.6 Å². The number of pyridine rings is 1. The lowest BCUT2D eigenvalue weighted by Crippen LogP contribution is -2.51. The first-order chi connectivity index (χ1) is 20.6. The van der Waals surface area contributed by atoms with Crippen molar-refractivity contribution >= 4 is 17.2 Å². The van der Waals surface area contributed by atoms with Crippen LogP contribution in [0.25, 0.3) is 28.0 Å². The van der Waals surface area contributed by atoms with Crippen molar-refractivity contribution in [1.82, 2.24) is 39.6 Å². The Morgan fingerprint density at radius 2 is 1.79 bits per heavy atom. The molecule has 1 N–H and O–H groups in total. The van der Waals surface area contributed by atoms with Crippen molar-refractivity contribution in [3.05, 3.63) is 84.6 Å². The monoisotopic (exact) mass is 558 g/mol. The summed E-state index contributed by atoms with van der Waals surface area (Å²) in [5.41, 5.74) is 5.30. The van der Waals surface area contributed by atoms with Crippen LogP contribution in [0, 0.1) is 17.2 Å². The zero-order valence-corrected chi connectivity index (χ0v) is 23.3. The summed E-state index contributed by atoms with van der Waals surface area (Å²) in [4.78, 5) is 27.4. The number of aromatic nitrogens is 6. The number of piperazine rings is 1. The maximum Gasteiger partial charge on any atom is 0.227 e. The van der Waals surface area contributed by atoms with E-state index in [2.05, 4.69) is 38.6 Å². The second-order valence-electron chi connectivity index (χ2n) is 10.8. The van der Waals surface area contributed by atoms with Crippen molar-refractivity contribution in [3.8, 4) is 28.6 Å². The number of anilines is 1. The number of nitrogens with zero attached hydrogens (tertiary/aromatic N) is 9. The van der Waals surface area contributed by atoms with Crippen molar-refractivity contribution in [3.63, 3.8) is 0 Å². The lowest BCUT2D eigenvalue weighted by atomic mass is 9.88. The molecule has 2 fully saturated rings. The molecule has 0 spiro atoms. The number of amides is 1. The van der Waals surface area contributed by atoms with Crippen molar-refractivity contribution in [2.24, 2.45) is 13.0 Å². The first-order valence-electron chi connectivity index (χ1n) is 14.1. The molecule has 11 nitrogen and oxygen atoms in total. The predicted molar refractivity (Wildman–Crippen MR) is 157 cm³/mol. The number of carbonyl (C=O) groups is 1. The molecule has 1 amide bonds. The molecule has 6 heterocycles. The van der Waals surface area contributed by atoms with Crippen LogP contribution in [0.4, 0.5) is 5.82 Å². The molecule has 11 heteroatoms. The van der Waals surface area contributed by atoms with Crippen LogP contribution in [-0.4, -0.2) is 79.4 Å². The average molecular weight is 559 g/mol. The van der Waals surface area contributed by atoms with E-state index in [9.17, 15) is 10.1 Å². The molecule has 7 rings (SSSR count). The van der Waals surface area contributed by atoms with Gasteiger partial charge in [-0.05, 0) is 17.7 Å². The number of benzene rings is 1. The van der Waals surface area contributed by atoms with E-state index in [1.807, 2.05) is 54.7 Å². The molecular weight excluding hydrogens is 528 g/mol. The molecule has 1 aromatic carbocycles. The van der Waals surface area contributed by atoms with E-state index < -0.39 is 0 Å². The lowest BCUT2D eigenvalue weighted by Gasteiger charge is -2.37. The van der Waals surface area contributed by atoms with Gasteiger partial charge >= 0.3 is 0 Å². The van der Waals surface area contributed by atoms with Crippen molar-refractivity contribution in [2.75, 3.05) is 44.2 Å². The second-order valence-corrected chi connectivity index (χ2v) is 10.8. The number of carbonyl (C=O) groups excluding carboxylic acids is 1. The Labute approximate surface area is 243 Å². The number of fused-ring (bicyclic) bond motifs is 1. The molecule has 0 unspecified atom stereocenters. The summed E-state index contributed by atoms with van der Waals surface area (Å²) >= 11 is 0. The third-order valence-electron chi connectivity index (χ3n) is 8.31. The minimum atomic E-state index is -0.0371. The Bertz CT molecular complexity index is 1780. The molecule has 0 bridgehead atoms. The van der Waals surface area contributed by atoms with E-state index >= 15 is 0 Å². The van der Waals surface area contributed by atoms with E-state index in [0.717, 1.165) is 30.0 Å². The number of aryl methyl sites for hydroxylation is 1. The van der Waals surface area contributed by atoms with Crippen LogP contribution in [-0.2, 0) is 11.8 Å². The van der Waals surface area contributed by atoms with Gasteiger partial charge in [0.1, 0.15) is 23.0 Å². The van der Waals surface area contributed by atoms with Crippen LogP contribution >= 0.6 is 0 Å². The summed E-state index contributed by atoms with van der Waals surface area (Å²) in [6.45, 7) is 4.31. The van der Waals surface area contributed by atoms with Gasteiger partial charge in [0.05, 0.1) is 35.9 Å². The van der Waals surface area contributed by atoms with Gasteiger partial charge in [0.2, 0.25) is 5.91 Å². The third kappa shape index (κ3) is 4.65. The number of rotatable bonds is 5. The van der Waals surface area contributed by atoms with Gasteiger partial charge in [0, 0.05) is 75.8 Å².